The molecule has 104 valence electrons. The number of hydrogen-bond donors (Lipinski definition) is 1. The largest absolute Gasteiger partial charge is 0.385 e. The summed E-state index contributed by atoms with van der Waals surface area (Å²) in [7, 11) is 3.96. The molecule has 0 heterocycles. The van der Waals surface area contributed by atoms with E-state index < -0.39 is 10.2 Å². The zero-order valence-corrected chi connectivity index (χ0v) is 11.6. The van der Waals surface area contributed by atoms with Crippen molar-refractivity contribution in [3.8, 4) is 0 Å². The molecule has 0 spiro atoms. The number of halogens is 1. The van der Waals surface area contributed by atoms with Crippen molar-refractivity contribution in [1.29, 1.82) is 0 Å². The molecule has 0 saturated carbocycles. The van der Waals surface area contributed by atoms with Crippen LogP contribution in [-0.4, -0.2) is 42.3 Å². The molecule has 1 aromatic rings. The second kappa shape index (κ2) is 7.06. The maximum atomic E-state index is 11.1. The van der Waals surface area contributed by atoms with Gasteiger partial charge in [-0.2, -0.15) is 0 Å². The summed E-state index contributed by atoms with van der Waals surface area (Å²) in [4.78, 5) is 23.4. The molecule has 1 N–H and O–H groups in total. The van der Waals surface area contributed by atoms with Crippen LogP contribution in [0.3, 0.4) is 0 Å². The summed E-state index contributed by atoms with van der Waals surface area (Å²) >= 11 is 5.30. The molecule has 19 heavy (non-hydrogen) atoms. The minimum absolute atomic E-state index is 0.0921. The monoisotopic (exact) mass is 285 g/mol. The van der Waals surface area contributed by atoms with Crippen LogP contribution in [0.15, 0.2) is 18.2 Å². The molecule has 0 aliphatic rings. The summed E-state index contributed by atoms with van der Waals surface area (Å²) in [6, 6.07) is 4.30. The number of nitro benzene ring substituents is 1. The van der Waals surface area contributed by atoms with Gasteiger partial charge < -0.3 is 10.2 Å². The Labute approximate surface area is 116 Å². The molecule has 0 aliphatic carbocycles. The van der Waals surface area contributed by atoms with Crippen LogP contribution in [0.1, 0.15) is 16.8 Å². The minimum atomic E-state index is -0.828. The van der Waals surface area contributed by atoms with Crippen LogP contribution in [0, 0.1) is 10.1 Å². The minimum Gasteiger partial charge on any atom is -0.385 e. The van der Waals surface area contributed by atoms with Gasteiger partial charge in [0.15, 0.2) is 0 Å². The van der Waals surface area contributed by atoms with Gasteiger partial charge in [-0.25, -0.2) is 0 Å². The third-order valence-corrected chi connectivity index (χ3v) is 2.72. The van der Waals surface area contributed by atoms with Gasteiger partial charge in [0.05, 0.1) is 4.92 Å². The highest BCUT2D eigenvalue weighted by Gasteiger charge is 2.19. The van der Waals surface area contributed by atoms with Crippen LogP contribution in [-0.2, 0) is 0 Å². The number of nitrogens with one attached hydrogen (secondary N) is 1. The Balaban J connectivity index is 2.73. The van der Waals surface area contributed by atoms with Gasteiger partial charge in [0.2, 0.25) is 0 Å². The first-order valence-electron chi connectivity index (χ1n) is 5.78. The van der Waals surface area contributed by atoms with Crippen molar-refractivity contribution in [2.24, 2.45) is 0 Å². The zero-order valence-electron chi connectivity index (χ0n) is 10.9. The number of rotatable bonds is 7. The number of nitro groups is 1. The fourth-order valence-corrected chi connectivity index (χ4v) is 1.75. The van der Waals surface area contributed by atoms with Crippen LogP contribution in [0.25, 0.3) is 0 Å². The average molecular weight is 286 g/mol. The second-order valence-electron chi connectivity index (χ2n) is 4.35. The lowest BCUT2D eigenvalue weighted by Crippen LogP contribution is -2.16. The highest BCUT2D eigenvalue weighted by atomic mass is 35.5. The van der Waals surface area contributed by atoms with Gasteiger partial charge in [-0.15, -0.1) is 0 Å². The number of carbonyl (C=O) groups excluding carboxylic acids is 1. The van der Waals surface area contributed by atoms with Crippen molar-refractivity contribution in [2.75, 3.05) is 32.5 Å². The van der Waals surface area contributed by atoms with E-state index in [9.17, 15) is 14.9 Å². The highest BCUT2D eigenvalue weighted by molar-refractivity contribution is 6.68. The van der Waals surface area contributed by atoms with Gasteiger partial charge in [0.25, 0.3) is 10.9 Å². The van der Waals surface area contributed by atoms with E-state index in [1.165, 1.54) is 12.1 Å². The molecule has 7 heteroatoms. The van der Waals surface area contributed by atoms with Crippen molar-refractivity contribution in [1.82, 2.24) is 4.90 Å². The van der Waals surface area contributed by atoms with E-state index >= 15 is 0 Å². The first-order valence-corrected chi connectivity index (χ1v) is 6.16. The third-order valence-electron chi connectivity index (χ3n) is 2.52. The Morgan fingerprint density at radius 1 is 1.47 bits per heavy atom. The first kappa shape index (κ1) is 15.4. The average Bonchev–Trinajstić information content (AvgIpc) is 2.33. The molecule has 0 amide bonds. The summed E-state index contributed by atoms with van der Waals surface area (Å²) in [5, 5.41) is 13.1. The fourth-order valence-electron chi connectivity index (χ4n) is 1.59. The fraction of sp³-hybridized carbons (Fsp3) is 0.417. The topological polar surface area (TPSA) is 75.5 Å². The molecule has 0 radical (unpaired) electrons. The van der Waals surface area contributed by atoms with E-state index in [1.54, 1.807) is 6.07 Å². The molecule has 0 atom stereocenters. The lowest BCUT2D eigenvalue weighted by Gasteiger charge is -2.10. The standard InChI is InChI=1S/C12H16ClN3O3/c1-15(2)7-3-6-14-9-4-5-10(12(13)17)11(8-9)16(18)19/h4-5,8,14H,3,6-7H2,1-2H3. The van der Waals surface area contributed by atoms with Gasteiger partial charge in [0, 0.05) is 18.3 Å². The Kier molecular flexibility index (Phi) is 5.72. The maximum Gasteiger partial charge on any atom is 0.283 e. The van der Waals surface area contributed by atoms with Crippen molar-refractivity contribution >= 4 is 28.2 Å². The van der Waals surface area contributed by atoms with Gasteiger partial charge in [0.1, 0.15) is 5.56 Å². The maximum absolute atomic E-state index is 11.1. The number of anilines is 1. The molecular weight excluding hydrogens is 270 g/mol. The zero-order chi connectivity index (χ0) is 14.4. The van der Waals surface area contributed by atoms with Crippen LogP contribution in [0.5, 0.6) is 0 Å². The molecule has 0 bridgehead atoms. The summed E-state index contributed by atoms with van der Waals surface area (Å²) < 4.78 is 0. The SMILES string of the molecule is CN(C)CCCNc1ccc(C(=O)Cl)c([N+](=O)[O-])c1. The van der Waals surface area contributed by atoms with Crippen LogP contribution in [0.2, 0.25) is 0 Å². The Morgan fingerprint density at radius 2 is 2.16 bits per heavy atom. The Morgan fingerprint density at radius 3 is 2.68 bits per heavy atom. The van der Waals surface area contributed by atoms with E-state index in [4.69, 9.17) is 11.6 Å². The van der Waals surface area contributed by atoms with E-state index in [-0.39, 0.29) is 11.3 Å². The number of hydrogen-bond acceptors (Lipinski definition) is 5. The molecule has 0 aromatic heterocycles. The lowest BCUT2D eigenvalue weighted by atomic mass is 10.1. The Bertz CT molecular complexity index is 477. The Hall–Kier alpha value is -1.66. The normalized spacial score (nSPS) is 10.5. The molecule has 6 nitrogen and oxygen atoms in total. The van der Waals surface area contributed by atoms with E-state index in [2.05, 4.69) is 10.2 Å². The van der Waals surface area contributed by atoms with Crippen molar-refractivity contribution in [2.45, 2.75) is 6.42 Å². The molecule has 1 aromatic carbocycles. The second-order valence-corrected chi connectivity index (χ2v) is 4.69. The predicted molar refractivity (Wildman–Crippen MR) is 74.9 cm³/mol. The third kappa shape index (κ3) is 4.84. The van der Waals surface area contributed by atoms with Crippen molar-refractivity contribution in [3.05, 3.63) is 33.9 Å². The first-order chi connectivity index (χ1) is 8.91. The van der Waals surface area contributed by atoms with E-state index in [0.717, 1.165) is 13.0 Å². The number of benzene rings is 1. The van der Waals surface area contributed by atoms with Gasteiger partial charge in [-0.05, 0) is 50.8 Å². The lowest BCUT2D eigenvalue weighted by molar-refractivity contribution is -0.385. The highest BCUT2D eigenvalue weighted by Crippen LogP contribution is 2.24. The number of nitrogens with zero attached hydrogens (tertiary/aromatic N) is 2. The van der Waals surface area contributed by atoms with Crippen molar-refractivity contribution < 1.29 is 9.72 Å². The van der Waals surface area contributed by atoms with Gasteiger partial charge in [-0.1, -0.05) is 0 Å². The van der Waals surface area contributed by atoms with Crippen LogP contribution >= 0.6 is 11.6 Å². The molecule has 0 fully saturated rings. The molecule has 1 rings (SSSR count). The molecular formula is C12H16ClN3O3. The van der Waals surface area contributed by atoms with E-state index in [1.807, 2.05) is 14.1 Å². The van der Waals surface area contributed by atoms with Crippen LogP contribution < -0.4 is 5.32 Å². The smallest absolute Gasteiger partial charge is 0.283 e. The summed E-state index contributed by atoms with van der Waals surface area (Å²) in [6.07, 6.45) is 0.914. The number of carbonyl (C=O) groups is 1. The van der Waals surface area contributed by atoms with Crippen molar-refractivity contribution in [3.63, 3.8) is 0 Å². The van der Waals surface area contributed by atoms with E-state index in [0.29, 0.717) is 12.2 Å². The molecule has 0 saturated heterocycles. The quantitative estimate of drug-likeness (QED) is 0.360. The summed E-state index contributed by atoms with van der Waals surface area (Å²) in [5.41, 5.74) is 0.232. The summed E-state index contributed by atoms with van der Waals surface area (Å²) in [5.74, 6) is 0. The van der Waals surface area contributed by atoms with Gasteiger partial charge in [-0.3, -0.25) is 14.9 Å². The summed E-state index contributed by atoms with van der Waals surface area (Å²) in [6.45, 7) is 1.62. The molecule has 0 unspecified atom stereocenters. The van der Waals surface area contributed by atoms with Crippen LogP contribution in [0.4, 0.5) is 11.4 Å². The molecule has 0 aliphatic heterocycles. The van der Waals surface area contributed by atoms with Gasteiger partial charge >= 0.3 is 0 Å². The predicted octanol–water partition coefficient (Wildman–Crippen LogP) is 2.34.